The molecule has 0 spiro atoms. The van der Waals surface area contributed by atoms with Gasteiger partial charge in [-0.2, -0.15) is 0 Å². The van der Waals surface area contributed by atoms with Gasteiger partial charge in [-0.1, -0.05) is 42.5 Å². The Morgan fingerprint density at radius 1 is 1.06 bits per heavy atom. The van der Waals surface area contributed by atoms with Crippen LogP contribution in [0.25, 0.3) is 10.4 Å². The standard InChI is InChI=1S/C25H28N2O5S2/c1-32-22-10-6-20(7-11-22)18-34(30,31)25(24(28)26-29)12-14-27(15-13-25)17-19-4-8-21(9-5-19)23-3-2-16-33-23/h2-11,16,29H,12-15,17-18H2,1H3,(H,26,28). The molecule has 1 amide bonds. The molecule has 0 atom stereocenters. The first-order valence-electron chi connectivity index (χ1n) is 11.0. The monoisotopic (exact) mass is 500 g/mol. The molecule has 2 heterocycles. The van der Waals surface area contributed by atoms with E-state index in [1.54, 1.807) is 41.1 Å². The highest BCUT2D eigenvalue weighted by Crippen LogP contribution is 2.34. The highest BCUT2D eigenvalue weighted by atomic mass is 32.2. The Morgan fingerprint density at radius 3 is 2.26 bits per heavy atom. The number of carbonyl (C=O) groups is 1. The molecule has 2 N–H and O–H groups in total. The quantitative estimate of drug-likeness (QED) is 0.360. The van der Waals surface area contributed by atoms with E-state index in [1.165, 1.54) is 17.6 Å². The zero-order valence-electron chi connectivity index (χ0n) is 18.9. The first-order valence-corrected chi connectivity index (χ1v) is 13.5. The molecule has 0 unspecified atom stereocenters. The van der Waals surface area contributed by atoms with E-state index < -0.39 is 20.5 Å². The fourth-order valence-corrected chi connectivity index (χ4v) is 7.18. The van der Waals surface area contributed by atoms with Gasteiger partial charge in [-0.05, 0) is 53.1 Å². The molecule has 3 aromatic rings. The van der Waals surface area contributed by atoms with Gasteiger partial charge in [0, 0.05) is 24.5 Å². The minimum absolute atomic E-state index is 0.116. The Balaban J connectivity index is 1.45. The molecule has 1 aliphatic rings. The summed E-state index contributed by atoms with van der Waals surface area (Å²) in [6.07, 6.45) is 0.232. The average Bonchev–Trinajstić information content (AvgIpc) is 3.40. The molecule has 180 valence electrons. The maximum atomic E-state index is 13.4. The number of benzene rings is 2. The molecule has 4 rings (SSSR count). The van der Waals surface area contributed by atoms with E-state index in [9.17, 15) is 18.4 Å². The minimum atomic E-state index is -3.89. The third-order valence-corrected chi connectivity index (χ3v) is 9.87. The van der Waals surface area contributed by atoms with Gasteiger partial charge >= 0.3 is 0 Å². The van der Waals surface area contributed by atoms with E-state index in [-0.39, 0.29) is 18.6 Å². The molecular formula is C25H28N2O5S2. The summed E-state index contributed by atoms with van der Waals surface area (Å²) in [4.78, 5) is 16.0. The van der Waals surface area contributed by atoms with Crippen molar-refractivity contribution in [3.8, 4) is 16.2 Å². The van der Waals surface area contributed by atoms with Crippen molar-refractivity contribution in [3.05, 3.63) is 77.2 Å². The molecule has 0 saturated carbocycles. The summed E-state index contributed by atoms with van der Waals surface area (Å²) in [6, 6.07) is 19.2. The van der Waals surface area contributed by atoms with Crippen LogP contribution in [-0.4, -0.2) is 49.4 Å². The van der Waals surface area contributed by atoms with Gasteiger partial charge in [0.2, 0.25) is 0 Å². The Labute approximate surface area is 203 Å². The van der Waals surface area contributed by atoms with Crippen molar-refractivity contribution in [2.45, 2.75) is 29.9 Å². The van der Waals surface area contributed by atoms with E-state index in [2.05, 4.69) is 40.6 Å². The number of hydrogen-bond donors (Lipinski definition) is 2. The number of hydroxylamine groups is 1. The number of carbonyl (C=O) groups excluding carboxylic acids is 1. The number of likely N-dealkylation sites (tertiary alicyclic amines) is 1. The van der Waals surface area contributed by atoms with E-state index in [1.807, 2.05) is 6.07 Å². The van der Waals surface area contributed by atoms with Crippen LogP contribution in [0.1, 0.15) is 24.0 Å². The topological polar surface area (TPSA) is 95.9 Å². The van der Waals surface area contributed by atoms with Crippen LogP contribution in [0.15, 0.2) is 66.0 Å². The normalized spacial score (nSPS) is 16.2. The van der Waals surface area contributed by atoms with Crippen molar-refractivity contribution < 1.29 is 23.2 Å². The second-order valence-corrected chi connectivity index (χ2v) is 11.7. The first kappa shape index (κ1) is 24.4. The van der Waals surface area contributed by atoms with Gasteiger partial charge in [-0.15, -0.1) is 11.3 Å². The molecule has 1 saturated heterocycles. The molecule has 7 nitrogen and oxygen atoms in total. The number of hydrogen-bond acceptors (Lipinski definition) is 7. The van der Waals surface area contributed by atoms with E-state index in [4.69, 9.17) is 4.74 Å². The number of thiophene rings is 1. The zero-order valence-corrected chi connectivity index (χ0v) is 20.6. The predicted octanol–water partition coefficient (Wildman–Crippen LogP) is 3.88. The number of nitrogens with zero attached hydrogens (tertiary/aromatic N) is 1. The smallest absolute Gasteiger partial charge is 0.264 e. The third-order valence-electron chi connectivity index (χ3n) is 6.46. The van der Waals surface area contributed by atoms with Gasteiger partial charge < -0.3 is 4.74 Å². The molecule has 1 aliphatic heterocycles. The summed E-state index contributed by atoms with van der Waals surface area (Å²) in [7, 11) is -2.35. The third kappa shape index (κ3) is 5.02. The molecule has 9 heteroatoms. The number of amides is 1. The molecule has 2 aromatic carbocycles. The number of piperidine rings is 1. The van der Waals surface area contributed by atoms with Crippen LogP contribution in [0.2, 0.25) is 0 Å². The molecule has 34 heavy (non-hydrogen) atoms. The van der Waals surface area contributed by atoms with Crippen molar-refractivity contribution in [1.82, 2.24) is 10.4 Å². The summed E-state index contributed by atoms with van der Waals surface area (Å²) in [5, 5.41) is 11.4. The van der Waals surface area contributed by atoms with Crippen molar-refractivity contribution in [1.29, 1.82) is 0 Å². The number of rotatable bonds is 8. The number of sulfone groups is 1. The molecular weight excluding hydrogens is 472 g/mol. The Bertz CT molecular complexity index is 1200. The molecule has 0 radical (unpaired) electrons. The maximum absolute atomic E-state index is 13.4. The van der Waals surface area contributed by atoms with Gasteiger partial charge in [0.25, 0.3) is 5.91 Å². The van der Waals surface area contributed by atoms with Crippen molar-refractivity contribution in [2.24, 2.45) is 0 Å². The highest BCUT2D eigenvalue weighted by molar-refractivity contribution is 7.92. The Hall–Kier alpha value is -2.72. The lowest BCUT2D eigenvalue weighted by atomic mass is 9.94. The molecule has 1 fully saturated rings. The van der Waals surface area contributed by atoms with Crippen molar-refractivity contribution >= 4 is 27.1 Å². The van der Waals surface area contributed by atoms with E-state index in [0.717, 1.165) is 5.56 Å². The van der Waals surface area contributed by atoms with Gasteiger partial charge in [0.05, 0.1) is 12.9 Å². The van der Waals surface area contributed by atoms with Crippen LogP contribution in [0, 0.1) is 0 Å². The molecule has 0 bridgehead atoms. The summed E-state index contributed by atoms with van der Waals surface area (Å²) < 4.78 is 30.3. The summed E-state index contributed by atoms with van der Waals surface area (Å²) >= 11 is 1.69. The lowest BCUT2D eigenvalue weighted by Crippen LogP contribution is -2.57. The molecule has 1 aromatic heterocycles. The largest absolute Gasteiger partial charge is 0.497 e. The fraction of sp³-hybridized carbons (Fsp3) is 0.320. The lowest BCUT2D eigenvalue weighted by molar-refractivity contribution is -0.133. The number of ether oxygens (including phenoxy) is 1. The molecule has 0 aliphatic carbocycles. The van der Waals surface area contributed by atoms with Crippen LogP contribution in [0.5, 0.6) is 5.75 Å². The zero-order chi connectivity index (χ0) is 24.2. The second kappa shape index (κ2) is 10.3. The van der Waals surface area contributed by atoms with Crippen LogP contribution >= 0.6 is 11.3 Å². The SMILES string of the molecule is COc1ccc(CS(=O)(=O)C2(C(=O)NO)CCN(Cc3ccc(-c4cccs4)cc3)CC2)cc1. The van der Waals surface area contributed by atoms with Crippen LogP contribution < -0.4 is 10.2 Å². The van der Waals surface area contributed by atoms with E-state index in [0.29, 0.717) is 30.9 Å². The summed E-state index contributed by atoms with van der Waals surface area (Å²) in [5.41, 5.74) is 4.48. The number of methoxy groups -OCH3 is 1. The lowest BCUT2D eigenvalue weighted by Gasteiger charge is -2.39. The maximum Gasteiger partial charge on any atom is 0.264 e. The Morgan fingerprint density at radius 2 is 1.71 bits per heavy atom. The predicted molar refractivity (Wildman–Crippen MR) is 133 cm³/mol. The van der Waals surface area contributed by atoms with Gasteiger partial charge in [0.15, 0.2) is 14.6 Å². The Kier molecular flexibility index (Phi) is 7.37. The summed E-state index contributed by atoms with van der Waals surface area (Å²) in [5.74, 6) is -0.518. The fourth-order valence-electron chi connectivity index (χ4n) is 4.41. The summed E-state index contributed by atoms with van der Waals surface area (Å²) in [6.45, 7) is 1.53. The second-order valence-electron chi connectivity index (χ2n) is 8.49. The first-order chi connectivity index (χ1) is 16.4. The van der Waals surface area contributed by atoms with Crippen LogP contribution in [0.4, 0.5) is 0 Å². The van der Waals surface area contributed by atoms with Crippen molar-refractivity contribution in [3.63, 3.8) is 0 Å². The number of nitrogens with one attached hydrogen (secondary N) is 1. The van der Waals surface area contributed by atoms with E-state index >= 15 is 0 Å². The van der Waals surface area contributed by atoms with Gasteiger partial charge in [0.1, 0.15) is 5.75 Å². The van der Waals surface area contributed by atoms with Gasteiger partial charge in [-0.3, -0.25) is 14.9 Å². The van der Waals surface area contributed by atoms with Crippen LogP contribution in [-0.2, 0) is 26.9 Å². The minimum Gasteiger partial charge on any atom is -0.497 e. The average molecular weight is 501 g/mol. The van der Waals surface area contributed by atoms with Gasteiger partial charge in [-0.25, -0.2) is 13.9 Å². The van der Waals surface area contributed by atoms with Crippen molar-refractivity contribution in [2.75, 3.05) is 20.2 Å². The highest BCUT2D eigenvalue weighted by Gasteiger charge is 2.52. The van der Waals surface area contributed by atoms with Crippen LogP contribution in [0.3, 0.4) is 0 Å².